The van der Waals surface area contributed by atoms with Crippen molar-refractivity contribution in [2.75, 3.05) is 6.54 Å². The molecule has 0 atom stereocenters. The molecule has 2 amide bonds. The van der Waals surface area contributed by atoms with E-state index in [2.05, 4.69) is 17.2 Å². The highest BCUT2D eigenvalue weighted by Gasteiger charge is 2.46. The van der Waals surface area contributed by atoms with Crippen LogP contribution in [0.3, 0.4) is 0 Å². The lowest BCUT2D eigenvalue weighted by molar-refractivity contribution is -0.117. The molecule has 152 valence electrons. The van der Waals surface area contributed by atoms with E-state index in [9.17, 15) is 14.4 Å². The topological polar surface area (TPSA) is 88.4 Å². The molecule has 2 N–H and O–H groups in total. The molecule has 1 heterocycles. The van der Waals surface area contributed by atoms with Crippen molar-refractivity contribution in [3.63, 3.8) is 0 Å². The first-order valence-electron chi connectivity index (χ1n) is 9.80. The fraction of sp³-hybridized carbons (Fsp3) is 0.208. The maximum Gasteiger partial charge on any atom is 0.287 e. The maximum absolute atomic E-state index is 12.7. The van der Waals surface area contributed by atoms with Gasteiger partial charge in [0.2, 0.25) is 5.91 Å². The Morgan fingerprint density at radius 1 is 1.10 bits per heavy atom. The van der Waals surface area contributed by atoms with Gasteiger partial charge in [0.05, 0.1) is 5.39 Å². The summed E-state index contributed by atoms with van der Waals surface area (Å²) >= 11 is 0. The minimum atomic E-state index is -0.417. The number of fused-ring (bicyclic) bond motifs is 1. The molecule has 0 radical (unpaired) electrons. The Morgan fingerprint density at radius 3 is 2.53 bits per heavy atom. The van der Waals surface area contributed by atoms with Crippen LogP contribution >= 0.6 is 0 Å². The number of para-hydroxylation sites is 1. The lowest BCUT2D eigenvalue weighted by Crippen LogP contribution is -2.57. The number of carbonyl (C=O) groups is 2. The maximum atomic E-state index is 12.7. The number of rotatable bonds is 6. The molecular formula is C24H22N2O4. The highest BCUT2D eigenvalue weighted by Crippen LogP contribution is 2.43. The van der Waals surface area contributed by atoms with Crippen molar-refractivity contribution in [2.45, 2.75) is 24.3 Å². The molecule has 1 aromatic heterocycles. The largest absolute Gasteiger partial charge is 0.451 e. The Hall–Kier alpha value is -3.67. The SMILES string of the molecule is C=CC(=O)NCC1(c2ccccc2)CC(NC(=O)c2cc(=O)c3ccccc3o2)C1. The minimum Gasteiger partial charge on any atom is -0.451 e. The van der Waals surface area contributed by atoms with Crippen molar-refractivity contribution in [2.24, 2.45) is 0 Å². The van der Waals surface area contributed by atoms with Gasteiger partial charge in [0.25, 0.3) is 5.91 Å². The molecule has 2 aromatic carbocycles. The molecule has 30 heavy (non-hydrogen) atoms. The van der Waals surface area contributed by atoms with Crippen LogP contribution in [0, 0.1) is 0 Å². The van der Waals surface area contributed by atoms with Gasteiger partial charge in [0.1, 0.15) is 5.58 Å². The van der Waals surface area contributed by atoms with E-state index in [0.717, 1.165) is 5.56 Å². The zero-order valence-corrected chi connectivity index (χ0v) is 16.4. The van der Waals surface area contributed by atoms with Crippen LogP contribution in [-0.4, -0.2) is 24.4 Å². The summed E-state index contributed by atoms with van der Waals surface area (Å²) in [6, 6.07) is 17.9. The predicted molar refractivity (Wildman–Crippen MR) is 114 cm³/mol. The van der Waals surface area contributed by atoms with Gasteiger partial charge in [-0.3, -0.25) is 14.4 Å². The molecule has 0 unspecified atom stereocenters. The monoisotopic (exact) mass is 402 g/mol. The first-order chi connectivity index (χ1) is 14.5. The van der Waals surface area contributed by atoms with E-state index in [1.165, 1.54) is 12.1 Å². The van der Waals surface area contributed by atoms with Gasteiger partial charge in [0.15, 0.2) is 11.2 Å². The molecule has 1 aliphatic rings. The van der Waals surface area contributed by atoms with Crippen LogP contribution in [0.4, 0.5) is 0 Å². The molecule has 1 aliphatic carbocycles. The van der Waals surface area contributed by atoms with Crippen LogP contribution in [0.15, 0.2) is 82.5 Å². The molecule has 1 saturated carbocycles. The van der Waals surface area contributed by atoms with E-state index in [1.807, 2.05) is 30.3 Å². The van der Waals surface area contributed by atoms with E-state index in [-0.39, 0.29) is 28.6 Å². The van der Waals surface area contributed by atoms with Crippen LogP contribution < -0.4 is 16.1 Å². The van der Waals surface area contributed by atoms with Gasteiger partial charge >= 0.3 is 0 Å². The highest BCUT2D eigenvalue weighted by atomic mass is 16.3. The highest BCUT2D eigenvalue weighted by molar-refractivity contribution is 5.93. The van der Waals surface area contributed by atoms with Gasteiger partial charge < -0.3 is 15.1 Å². The van der Waals surface area contributed by atoms with Crippen molar-refractivity contribution in [1.82, 2.24) is 10.6 Å². The molecule has 6 nitrogen and oxygen atoms in total. The molecule has 3 aromatic rings. The van der Waals surface area contributed by atoms with E-state index < -0.39 is 5.91 Å². The Bertz CT molecular complexity index is 1160. The molecule has 4 rings (SSSR count). The van der Waals surface area contributed by atoms with Crippen LogP contribution in [-0.2, 0) is 10.2 Å². The van der Waals surface area contributed by atoms with Crippen LogP contribution in [0.5, 0.6) is 0 Å². The summed E-state index contributed by atoms with van der Waals surface area (Å²) in [5.41, 5.74) is 0.982. The third-order valence-electron chi connectivity index (χ3n) is 5.64. The zero-order chi connectivity index (χ0) is 21.1. The van der Waals surface area contributed by atoms with E-state index in [0.29, 0.717) is 30.4 Å². The Morgan fingerprint density at radius 2 is 1.80 bits per heavy atom. The fourth-order valence-corrected chi connectivity index (χ4v) is 4.06. The Kier molecular flexibility index (Phi) is 5.23. The molecule has 0 saturated heterocycles. The Labute approximate surface area is 173 Å². The third-order valence-corrected chi connectivity index (χ3v) is 5.64. The molecule has 0 bridgehead atoms. The van der Waals surface area contributed by atoms with Gasteiger partial charge in [-0.25, -0.2) is 0 Å². The van der Waals surface area contributed by atoms with Crippen molar-refractivity contribution in [3.8, 4) is 0 Å². The summed E-state index contributed by atoms with van der Waals surface area (Å²) in [6.07, 6.45) is 2.58. The van der Waals surface area contributed by atoms with Crippen LogP contribution in [0.1, 0.15) is 29.0 Å². The predicted octanol–water partition coefficient (Wildman–Crippen LogP) is 2.93. The summed E-state index contributed by atoms with van der Waals surface area (Å²) in [6.45, 7) is 3.95. The summed E-state index contributed by atoms with van der Waals surface area (Å²) in [4.78, 5) is 36.6. The Balaban J connectivity index is 1.49. The van der Waals surface area contributed by atoms with Gasteiger partial charge in [-0.2, -0.15) is 0 Å². The van der Waals surface area contributed by atoms with Gasteiger partial charge in [-0.1, -0.05) is 49.0 Å². The smallest absolute Gasteiger partial charge is 0.287 e. The third kappa shape index (κ3) is 3.76. The summed E-state index contributed by atoms with van der Waals surface area (Å²) < 4.78 is 5.62. The lowest BCUT2D eigenvalue weighted by atomic mass is 9.61. The average molecular weight is 402 g/mol. The first-order valence-corrected chi connectivity index (χ1v) is 9.80. The van der Waals surface area contributed by atoms with Crippen molar-refractivity contribution >= 4 is 22.8 Å². The van der Waals surface area contributed by atoms with E-state index >= 15 is 0 Å². The number of amides is 2. The second-order valence-corrected chi connectivity index (χ2v) is 7.62. The van der Waals surface area contributed by atoms with Crippen LogP contribution in [0.25, 0.3) is 11.0 Å². The molecular weight excluding hydrogens is 380 g/mol. The zero-order valence-electron chi connectivity index (χ0n) is 16.4. The summed E-state index contributed by atoms with van der Waals surface area (Å²) in [7, 11) is 0. The molecule has 0 aliphatic heterocycles. The van der Waals surface area contributed by atoms with Crippen molar-refractivity contribution < 1.29 is 14.0 Å². The van der Waals surface area contributed by atoms with Gasteiger partial charge in [-0.15, -0.1) is 0 Å². The molecule has 6 heteroatoms. The first kappa shape index (κ1) is 19.6. The van der Waals surface area contributed by atoms with Crippen molar-refractivity contribution in [1.29, 1.82) is 0 Å². The number of hydrogen-bond donors (Lipinski definition) is 2. The quantitative estimate of drug-likeness (QED) is 0.621. The van der Waals surface area contributed by atoms with Crippen LogP contribution in [0.2, 0.25) is 0 Å². The second kappa shape index (κ2) is 7.99. The standard InChI is InChI=1S/C24H22N2O4/c1-2-22(28)25-15-24(16-8-4-3-5-9-16)13-17(14-24)26-23(29)21-12-19(27)18-10-6-7-11-20(18)30-21/h2-12,17H,1,13-15H2,(H,25,28)(H,26,29). The normalized spacial score (nSPS) is 20.2. The number of carbonyl (C=O) groups excluding carboxylic acids is 2. The van der Waals surface area contributed by atoms with E-state index in [4.69, 9.17) is 4.42 Å². The molecule has 1 fully saturated rings. The average Bonchev–Trinajstić information content (AvgIpc) is 2.75. The van der Waals surface area contributed by atoms with Gasteiger partial charge in [0, 0.05) is 24.1 Å². The summed E-state index contributed by atoms with van der Waals surface area (Å²) in [5, 5.41) is 6.27. The minimum absolute atomic E-state index is 0.00382. The van der Waals surface area contributed by atoms with E-state index in [1.54, 1.807) is 24.3 Å². The number of hydrogen-bond acceptors (Lipinski definition) is 4. The summed E-state index contributed by atoms with van der Waals surface area (Å²) in [5.74, 6) is -0.647. The number of benzene rings is 2. The van der Waals surface area contributed by atoms with Gasteiger partial charge in [-0.05, 0) is 36.6 Å². The number of nitrogens with one attached hydrogen (secondary N) is 2. The second-order valence-electron chi connectivity index (χ2n) is 7.62. The van der Waals surface area contributed by atoms with Crippen molar-refractivity contribution in [3.05, 3.63) is 94.9 Å². The lowest BCUT2D eigenvalue weighted by Gasteiger charge is -2.48. The fourth-order valence-electron chi connectivity index (χ4n) is 4.06. The molecule has 0 spiro atoms.